The van der Waals surface area contributed by atoms with Crippen molar-refractivity contribution in [2.45, 2.75) is 39.7 Å². The number of aryl methyl sites for hydroxylation is 2. The summed E-state index contributed by atoms with van der Waals surface area (Å²) in [6, 6.07) is 12.1. The number of benzene rings is 2. The van der Waals surface area contributed by atoms with E-state index in [1.54, 1.807) is 0 Å². The van der Waals surface area contributed by atoms with E-state index in [4.69, 9.17) is 0 Å². The van der Waals surface area contributed by atoms with Crippen molar-refractivity contribution in [1.82, 2.24) is 10.6 Å². The highest BCUT2D eigenvalue weighted by Crippen LogP contribution is 2.29. The van der Waals surface area contributed by atoms with Crippen molar-refractivity contribution in [3.63, 3.8) is 0 Å². The zero-order valence-electron chi connectivity index (χ0n) is 14.8. The molecule has 25 heavy (non-hydrogen) atoms. The Morgan fingerprint density at radius 1 is 0.840 bits per heavy atom. The van der Waals surface area contributed by atoms with Crippen molar-refractivity contribution < 1.29 is 9.59 Å². The molecule has 0 unspecified atom stereocenters. The number of rotatable bonds is 0. The van der Waals surface area contributed by atoms with Crippen LogP contribution in [-0.4, -0.2) is 18.4 Å². The van der Waals surface area contributed by atoms with Gasteiger partial charge in [-0.25, -0.2) is 0 Å². The Kier molecular flexibility index (Phi) is 5.17. The number of nitrogens with one attached hydrogen (secondary N) is 2. The van der Waals surface area contributed by atoms with Crippen LogP contribution in [0, 0.1) is 13.8 Å². The van der Waals surface area contributed by atoms with Gasteiger partial charge in [-0.2, -0.15) is 0 Å². The molecule has 2 amide bonds. The molecule has 4 bridgehead atoms. The molecule has 0 spiro atoms. The largest absolute Gasteiger partial charge is 0.352 e. The molecule has 0 atom stereocenters. The summed E-state index contributed by atoms with van der Waals surface area (Å²) < 4.78 is 0. The van der Waals surface area contributed by atoms with Crippen molar-refractivity contribution in [3.05, 3.63) is 58.7 Å². The summed E-state index contributed by atoms with van der Waals surface area (Å²) in [7, 11) is 0. The first kappa shape index (κ1) is 17.2. The zero-order valence-corrected chi connectivity index (χ0v) is 14.8. The SMILES string of the molecule is Cc1ccc2cc1-c1cc(ccc1C)C(=O)NCCCCC(=O)NC2. The van der Waals surface area contributed by atoms with Crippen LogP contribution in [0.4, 0.5) is 0 Å². The molecule has 2 aromatic rings. The Hall–Kier alpha value is -2.62. The third-order valence-electron chi connectivity index (χ3n) is 4.70. The fraction of sp³-hybridized carbons (Fsp3) is 0.333. The topological polar surface area (TPSA) is 58.2 Å². The van der Waals surface area contributed by atoms with Crippen molar-refractivity contribution in [3.8, 4) is 11.1 Å². The van der Waals surface area contributed by atoms with Crippen LogP contribution in [0.2, 0.25) is 0 Å². The minimum absolute atomic E-state index is 0.0556. The summed E-state index contributed by atoms with van der Waals surface area (Å²) in [6.45, 7) is 5.24. The number of fused-ring (bicyclic) bond motifs is 5. The van der Waals surface area contributed by atoms with E-state index in [9.17, 15) is 9.59 Å². The van der Waals surface area contributed by atoms with E-state index in [1.165, 1.54) is 0 Å². The zero-order chi connectivity index (χ0) is 17.8. The lowest BCUT2D eigenvalue weighted by Gasteiger charge is -2.14. The molecule has 0 saturated carbocycles. The monoisotopic (exact) mass is 336 g/mol. The summed E-state index contributed by atoms with van der Waals surface area (Å²) in [6.07, 6.45) is 2.05. The highest BCUT2D eigenvalue weighted by molar-refractivity contribution is 5.96. The molecule has 130 valence electrons. The van der Waals surface area contributed by atoms with Crippen molar-refractivity contribution in [2.24, 2.45) is 0 Å². The van der Waals surface area contributed by atoms with Crippen LogP contribution in [0.1, 0.15) is 46.3 Å². The van der Waals surface area contributed by atoms with Gasteiger partial charge in [0.25, 0.3) is 5.91 Å². The van der Waals surface area contributed by atoms with E-state index in [1.807, 2.05) is 24.3 Å². The second-order valence-corrected chi connectivity index (χ2v) is 6.67. The van der Waals surface area contributed by atoms with E-state index in [-0.39, 0.29) is 11.8 Å². The van der Waals surface area contributed by atoms with Gasteiger partial charge in [-0.05, 0) is 72.7 Å². The van der Waals surface area contributed by atoms with Crippen molar-refractivity contribution >= 4 is 11.8 Å². The van der Waals surface area contributed by atoms with E-state index in [0.717, 1.165) is 40.7 Å². The summed E-state index contributed by atoms with van der Waals surface area (Å²) in [5, 5.41) is 5.93. The average molecular weight is 336 g/mol. The highest BCUT2D eigenvalue weighted by atomic mass is 16.2. The first-order chi connectivity index (χ1) is 12.0. The lowest BCUT2D eigenvalue weighted by Crippen LogP contribution is -2.25. The molecule has 2 N–H and O–H groups in total. The van der Waals surface area contributed by atoms with Crippen LogP contribution in [0.5, 0.6) is 0 Å². The smallest absolute Gasteiger partial charge is 0.251 e. The van der Waals surface area contributed by atoms with Crippen LogP contribution < -0.4 is 10.6 Å². The maximum atomic E-state index is 12.4. The predicted octanol–water partition coefficient (Wildman–Crippen LogP) is 3.50. The molecule has 3 rings (SSSR count). The number of hydrogen-bond acceptors (Lipinski definition) is 2. The molecule has 0 aromatic heterocycles. The summed E-state index contributed by atoms with van der Waals surface area (Å²) in [4.78, 5) is 24.4. The molecule has 0 radical (unpaired) electrons. The van der Waals surface area contributed by atoms with Gasteiger partial charge in [-0.3, -0.25) is 9.59 Å². The Morgan fingerprint density at radius 3 is 2.36 bits per heavy atom. The lowest BCUT2D eigenvalue weighted by atomic mass is 9.93. The normalized spacial score (nSPS) is 15.6. The number of carbonyl (C=O) groups excluding carboxylic acids is 2. The Balaban J connectivity index is 2.05. The first-order valence-electron chi connectivity index (χ1n) is 8.80. The van der Waals surface area contributed by atoms with Crippen LogP contribution in [0.25, 0.3) is 11.1 Å². The van der Waals surface area contributed by atoms with E-state index >= 15 is 0 Å². The quantitative estimate of drug-likeness (QED) is 0.773. The van der Waals surface area contributed by atoms with Crippen molar-refractivity contribution in [2.75, 3.05) is 6.54 Å². The predicted molar refractivity (Wildman–Crippen MR) is 99.4 cm³/mol. The second kappa shape index (κ2) is 7.51. The summed E-state index contributed by atoms with van der Waals surface area (Å²) in [5.74, 6) is -0.00514. The average Bonchev–Trinajstić information content (AvgIpc) is 2.60. The summed E-state index contributed by atoms with van der Waals surface area (Å²) >= 11 is 0. The molecule has 1 aliphatic rings. The molecule has 0 aliphatic carbocycles. The van der Waals surface area contributed by atoms with Gasteiger partial charge in [-0.1, -0.05) is 18.2 Å². The lowest BCUT2D eigenvalue weighted by molar-refractivity contribution is -0.121. The van der Waals surface area contributed by atoms with Gasteiger partial charge in [0, 0.05) is 25.1 Å². The molecule has 1 aliphatic heterocycles. The van der Waals surface area contributed by atoms with E-state index < -0.39 is 0 Å². The molecular weight excluding hydrogens is 312 g/mol. The molecule has 0 saturated heterocycles. The number of carbonyl (C=O) groups is 2. The standard InChI is InChI=1S/C21H24N2O2/c1-14-6-8-16-11-18(14)19-12-17(9-7-15(19)2)21(25)22-10-4-3-5-20(24)23-13-16/h6-9,11-12H,3-5,10,13H2,1-2H3,(H,22,25)(H,23,24). The fourth-order valence-corrected chi connectivity index (χ4v) is 3.13. The van der Waals surface area contributed by atoms with Gasteiger partial charge in [0.15, 0.2) is 0 Å². The molecule has 4 nitrogen and oxygen atoms in total. The maximum Gasteiger partial charge on any atom is 0.251 e. The third kappa shape index (κ3) is 4.08. The first-order valence-corrected chi connectivity index (χ1v) is 8.80. The van der Waals surface area contributed by atoms with Gasteiger partial charge in [0.05, 0.1) is 0 Å². The van der Waals surface area contributed by atoms with Crippen LogP contribution in [-0.2, 0) is 11.3 Å². The van der Waals surface area contributed by atoms with Gasteiger partial charge in [0.1, 0.15) is 0 Å². The van der Waals surface area contributed by atoms with Gasteiger partial charge < -0.3 is 10.6 Å². The molecule has 2 aromatic carbocycles. The van der Waals surface area contributed by atoms with Crippen molar-refractivity contribution in [1.29, 1.82) is 0 Å². The fourth-order valence-electron chi connectivity index (χ4n) is 3.13. The van der Waals surface area contributed by atoms with Gasteiger partial charge in [-0.15, -0.1) is 0 Å². The molecule has 1 heterocycles. The Morgan fingerprint density at radius 2 is 1.56 bits per heavy atom. The number of hydrogen-bond donors (Lipinski definition) is 2. The number of amides is 2. The van der Waals surface area contributed by atoms with Gasteiger partial charge >= 0.3 is 0 Å². The van der Waals surface area contributed by atoms with E-state index in [0.29, 0.717) is 25.1 Å². The van der Waals surface area contributed by atoms with Crippen LogP contribution >= 0.6 is 0 Å². The minimum atomic E-state index is -0.0608. The molecular formula is C21H24N2O2. The van der Waals surface area contributed by atoms with Gasteiger partial charge in [0.2, 0.25) is 5.91 Å². The van der Waals surface area contributed by atoms with Crippen LogP contribution in [0.15, 0.2) is 36.4 Å². The molecule has 4 heteroatoms. The molecule has 0 fully saturated rings. The Bertz CT molecular complexity index is 812. The second-order valence-electron chi connectivity index (χ2n) is 6.67. The third-order valence-corrected chi connectivity index (χ3v) is 4.70. The van der Waals surface area contributed by atoms with E-state index in [2.05, 4.69) is 36.6 Å². The maximum absolute atomic E-state index is 12.4. The minimum Gasteiger partial charge on any atom is -0.352 e. The van der Waals surface area contributed by atoms with Crippen LogP contribution in [0.3, 0.4) is 0 Å². The Labute approximate surface area is 148 Å². The summed E-state index contributed by atoms with van der Waals surface area (Å²) in [5.41, 5.74) is 6.19. The highest BCUT2D eigenvalue weighted by Gasteiger charge is 2.12.